The van der Waals surface area contributed by atoms with Gasteiger partial charge < -0.3 is 5.73 Å². The van der Waals surface area contributed by atoms with Crippen LogP contribution in [0.3, 0.4) is 0 Å². The molecule has 2 aromatic carbocycles. The molecule has 2 N–H and O–H groups in total. The van der Waals surface area contributed by atoms with Gasteiger partial charge in [0.2, 0.25) is 0 Å². The van der Waals surface area contributed by atoms with Crippen LogP contribution in [0.25, 0.3) is 0 Å². The Balaban J connectivity index is 1.99. The third-order valence-electron chi connectivity index (χ3n) is 2.40. The molecule has 0 aliphatic heterocycles. The van der Waals surface area contributed by atoms with Gasteiger partial charge in [0.05, 0.1) is 0 Å². The molecule has 0 aliphatic carbocycles. The lowest BCUT2D eigenvalue weighted by Crippen LogP contribution is -1.90. The summed E-state index contributed by atoms with van der Waals surface area (Å²) in [6.45, 7) is 0. The first-order valence-electron chi connectivity index (χ1n) is 5.17. The van der Waals surface area contributed by atoms with Crippen molar-refractivity contribution in [3.8, 4) is 0 Å². The second kappa shape index (κ2) is 5.17. The van der Waals surface area contributed by atoms with Gasteiger partial charge in [-0.25, -0.2) is 0 Å². The molecule has 0 fully saturated rings. The van der Waals surface area contributed by atoms with E-state index in [0.717, 1.165) is 16.6 Å². The largest absolute Gasteiger partial charge is 0.399 e. The van der Waals surface area contributed by atoms with E-state index >= 15 is 0 Å². The molecule has 0 spiro atoms. The fourth-order valence-electron chi connectivity index (χ4n) is 1.54. The monoisotopic (exact) mass is 274 g/mol. The summed E-state index contributed by atoms with van der Waals surface area (Å²) in [4.78, 5) is 0. The summed E-state index contributed by atoms with van der Waals surface area (Å²) >= 11 is 3.42. The Labute approximate surface area is 104 Å². The number of benzene rings is 2. The average molecular weight is 275 g/mol. The third-order valence-corrected chi connectivity index (χ3v) is 2.93. The van der Waals surface area contributed by atoms with Crippen LogP contribution in [0, 0.1) is 6.42 Å². The summed E-state index contributed by atoms with van der Waals surface area (Å²) in [6, 6.07) is 16.3. The smallest absolute Gasteiger partial charge is 0.0316 e. The van der Waals surface area contributed by atoms with Crippen molar-refractivity contribution in [1.29, 1.82) is 0 Å². The van der Waals surface area contributed by atoms with Crippen LogP contribution in [0.2, 0.25) is 0 Å². The molecule has 1 nitrogen and oxygen atoms in total. The summed E-state index contributed by atoms with van der Waals surface area (Å²) in [5, 5.41) is 0. The number of nitrogen functional groups attached to an aromatic ring is 1. The van der Waals surface area contributed by atoms with Gasteiger partial charge in [0.15, 0.2) is 0 Å². The molecule has 1 radical (unpaired) electrons. The first-order chi connectivity index (χ1) is 7.74. The maximum Gasteiger partial charge on any atom is 0.0316 e. The van der Waals surface area contributed by atoms with Crippen LogP contribution in [0.1, 0.15) is 11.1 Å². The highest BCUT2D eigenvalue weighted by Gasteiger charge is 1.97. The zero-order chi connectivity index (χ0) is 11.4. The Morgan fingerprint density at radius 1 is 1.06 bits per heavy atom. The fraction of sp³-hybridized carbons (Fsp3) is 0.0714. The molecule has 0 atom stereocenters. The van der Waals surface area contributed by atoms with Crippen molar-refractivity contribution in [2.24, 2.45) is 0 Å². The normalized spacial score (nSPS) is 10.3. The average Bonchev–Trinajstić information content (AvgIpc) is 2.28. The molecule has 81 valence electrons. The molecule has 0 aliphatic rings. The van der Waals surface area contributed by atoms with Crippen molar-refractivity contribution in [3.63, 3.8) is 0 Å². The molecule has 0 aromatic heterocycles. The zero-order valence-corrected chi connectivity index (χ0v) is 10.4. The summed E-state index contributed by atoms with van der Waals surface area (Å²) < 4.78 is 1.11. The van der Waals surface area contributed by atoms with Gasteiger partial charge in [0.1, 0.15) is 0 Å². The third kappa shape index (κ3) is 3.11. The first-order valence-corrected chi connectivity index (χ1v) is 5.96. The summed E-state index contributed by atoms with van der Waals surface area (Å²) in [5.41, 5.74) is 9.00. The lowest BCUT2D eigenvalue weighted by atomic mass is 10.0. The number of nitrogens with two attached hydrogens (primary N) is 1. The Morgan fingerprint density at radius 3 is 2.50 bits per heavy atom. The van der Waals surface area contributed by atoms with Gasteiger partial charge >= 0.3 is 0 Å². The van der Waals surface area contributed by atoms with Crippen molar-refractivity contribution in [3.05, 3.63) is 70.6 Å². The molecule has 2 aromatic rings. The van der Waals surface area contributed by atoms with Crippen molar-refractivity contribution in [2.75, 3.05) is 5.73 Å². The van der Waals surface area contributed by atoms with Gasteiger partial charge in [-0.1, -0.05) is 40.2 Å². The van der Waals surface area contributed by atoms with E-state index in [0.29, 0.717) is 0 Å². The summed E-state index contributed by atoms with van der Waals surface area (Å²) in [5.74, 6) is 0. The topological polar surface area (TPSA) is 26.0 Å². The Bertz CT molecular complexity index is 462. The number of anilines is 1. The first kappa shape index (κ1) is 11.2. The summed E-state index contributed by atoms with van der Waals surface area (Å²) in [7, 11) is 0. The van der Waals surface area contributed by atoms with Gasteiger partial charge in [-0.3, -0.25) is 0 Å². The van der Waals surface area contributed by atoms with Gasteiger partial charge in [0, 0.05) is 10.2 Å². The fourth-order valence-corrected chi connectivity index (χ4v) is 1.81. The molecule has 0 saturated heterocycles. The van der Waals surface area contributed by atoms with Gasteiger partial charge in [-0.2, -0.15) is 0 Å². The highest BCUT2D eigenvalue weighted by molar-refractivity contribution is 9.10. The standard InChI is InChI=1S/C14H13BrN/c15-13-8-6-11(7-9-13)4-5-12-2-1-3-14(16)10-12/h1-3,5-10H,4,16H2. The van der Waals surface area contributed by atoms with Crippen molar-refractivity contribution < 1.29 is 0 Å². The van der Waals surface area contributed by atoms with E-state index in [1.54, 1.807) is 0 Å². The Kier molecular flexibility index (Phi) is 3.62. The van der Waals surface area contributed by atoms with Crippen molar-refractivity contribution in [1.82, 2.24) is 0 Å². The van der Waals surface area contributed by atoms with E-state index in [2.05, 4.69) is 52.7 Å². The molecule has 0 unspecified atom stereocenters. The second-order valence-electron chi connectivity index (χ2n) is 3.70. The number of hydrogen-bond donors (Lipinski definition) is 1. The molecule has 2 rings (SSSR count). The maximum absolute atomic E-state index is 5.72. The predicted octanol–water partition coefficient (Wildman–Crippen LogP) is 3.83. The molecular weight excluding hydrogens is 262 g/mol. The van der Waals surface area contributed by atoms with E-state index < -0.39 is 0 Å². The molecular formula is C14H13BrN. The highest BCUT2D eigenvalue weighted by Crippen LogP contribution is 2.15. The van der Waals surface area contributed by atoms with Crippen LogP contribution in [0.5, 0.6) is 0 Å². The number of hydrogen-bond acceptors (Lipinski definition) is 1. The van der Waals surface area contributed by atoms with Crippen LogP contribution in [-0.2, 0) is 6.42 Å². The molecule has 2 heteroatoms. The number of rotatable bonds is 3. The molecule has 0 bridgehead atoms. The second-order valence-corrected chi connectivity index (χ2v) is 4.62. The van der Waals surface area contributed by atoms with Crippen LogP contribution in [0.4, 0.5) is 5.69 Å². The molecule has 0 saturated carbocycles. The summed E-state index contributed by atoms with van der Waals surface area (Å²) in [6.07, 6.45) is 3.11. The van der Waals surface area contributed by atoms with E-state index in [4.69, 9.17) is 5.73 Å². The van der Waals surface area contributed by atoms with Gasteiger partial charge in [0.25, 0.3) is 0 Å². The van der Waals surface area contributed by atoms with E-state index in [9.17, 15) is 0 Å². The zero-order valence-electron chi connectivity index (χ0n) is 8.86. The molecule has 0 heterocycles. The molecule has 16 heavy (non-hydrogen) atoms. The maximum atomic E-state index is 5.72. The lowest BCUT2D eigenvalue weighted by molar-refractivity contribution is 1.17. The quantitative estimate of drug-likeness (QED) is 0.846. The van der Waals surface area contributed by atoms with Crippen LogP contribution in [-0.4, -0.2) is 0 Å². The minimum absolute atomic E-state index is 0.810. The van der Waals surface area contributed by atoms with E-state index in [1.807, 2.05) is 18.2 Å². The minimum atomic E-state index is 0.810. The van der Waals surface area contributed by atoms with Gasteiger partial charge in [-0.15, -0.1) is 0 Å². The number of halogens is 1. The minimum Gasteiger partial charge on any atom is -0.399 e. The Morgan fingerprint density at radius 2 is 1.81 bits per heavy atom. The molecule has 0 amide bonds. The Hall–Kier alpha value is -1.28. The van der Waals surface area contributed by atoms with Crippen molar-refractivity contribution >= 4 is 21.6 Å². The van der Waals surface area contributed by atoms with Gasteiger partial charge in [-0.05, 0) is 48.2 Å². The van der Waals surface area contributed by atoms with Crippen LogP contribution < -0.4 is 5.73 Å². The van der Waals surface area contributed by atoms with Crippen LogP contribution >= 0.6 is 15.9 Å². The van der Waals surface area contributed by atoms with Crippen molar-refractivity contribution in [2.45, 2.75) is 6.42 Å². The predicted molar refractivity (Wildman–Crippen MR) is 72.1 cm³/mol. The lowest BCUT2D eigenvalue weighted by Gasteiger charge is -2.03. The van der Waals surface area contributed by atoms with E-state index in [1.165, 1.54) is 11.1 Å². The SMILES string of the molecule is Nc1cccc([CH]Cc2ccc(Br)cc2)c1. The van der Waals surface area contributed by atoms with Crippen LogP contribution in [0.15, 0.2) is 53.0 Å². The van der Waals surface area contributed by atoms with E-state index in [-0.39, 0.29) is 0 Å². The highest BCUT2D eigenvalue weighted by atomic mass is 79.9.